The SMILES string of the molecule is CC(C)CN(C[C@@H](O)[C@@H](CC(=O)O[C@H]1CCO[C@H]2OCC[C@H]21)Cc1ccccc1)S(=O)(=O)c1ccc2nc(NC(C)C)sc2c1. The number of hydrogen-bond acceptors (Lipinski definition) is 10. The van der Waals surface area contributed by atoms with Gasteiger partial charge >= 0.3 is 5.97 Å². The summed E-state index contributed by atoms with van der Waals surface area (Å²) in [5.41, 5.74) is 1.67. The van der Waals surface area contributed by atoms with E-state index in [4.69, 9.17) is 14.2 Å². The molecule has 0 unspecified atom stereocenters. The van der Waals surface area contributed by atoms with Crippen LogP contribution in [0, 0.1) is 17.8 Å². The van der Waals surface area contributed by atoms with Crippen LogP contribution in [0.1, 0.15) is 52.5 Å². The lowest BCUT2D eigenvalue weighted by Gasteiger charge is -2.33. The lowest BCUT2D eigenvalue weighted by Crippen LogP contribution is -2.43. The van der Waals surface area contributed by atoms with Crippen molar-refractivity contribution in [2.24, 2.45) is 17.8 Å². The molecule has 5 atom stereocenters. The zero-order valence-electron chi connectivity index (χ0n) is 26.4. The quantitative estimate of drug-likeness (QED) is 0.228. The number of benzene rings is 2. The van der Waals surface area contributed by atoms with Crippen LogP contribution in [0.2, 0.25) is 0 Å². The Balaban J connectivity index is 1.35. The van der Waals surface area contributed by atoms with Gasteiger partial charge in [0, 0.05) is 37.4 Å². The largest absolute Gasteiger partial charge is 0.462 e. The topological polar surface area (TPSA) is 127 Å². The molecule has 2 aromatic carbocycles. The molecule has 2 saturated heterocycles. The molecular formula is C33H45N3O7S2. The summed E-state index contributed by atoms with van der Waals surface area (Å²) in [6, 6.07) is 14.8. The molecule has 0 saturated carbocycles. The molecule has 2 aliphatic rings. The van der Waals surface area contributed by atoms with Crippen LogP contribution in [-0.2, 0) is 35.4 Å². The Morgan fingerprint density at radius 2 is 1.82 bits per heavy atom. The van der Waals surface area contributed by atoms with E-state index in [-0.39, 0.29) is 54.7 Å². The molecule has 0 radical (unpaired) electrons. The van der Waals surface area contributed by atoms with Crippen molar-refractivity contribution < 1.29 is 32.5 Å². The Hall–Kier alpha value is -2.61. The fourth-order valence-electron chi connectivity index (χ4n) is 6.02. The number of rotatable bonds is 14. The summed E-state index contributed by atoms with van der Waals surface area (Å²) < 4.78 is 47.5. The Bertz CT molecular complexity index is 1530. The van der Waals surface area contributed by atoms with E-state index in [1.54, 1.807) is 18.2 Å². The van der Waals surface area contributed by atoms with Gasteiger partial charge in [0.2, 0.25) is 10.0 Å². The summed E-state index contributed by atoms with van der Waals surface area (Å²) >= 11 is 1.41. The van der Waals surface area contributed by atoms with Crippen LogP contribution in [-0.4, -0.2) is 79.6 Å². The maximum absolute atomic E-state index is 14.1. The van der Waals surface area contributed by atoms with Crippen molar-refractivity contribution in [2.45, 2.75) is 82.8 Å². The fraction of sp³-hybridized carbons (Fsp3) is 0.576. The van der Waals surface area contributed by atoms with Gasteiger partial charge in [-0.3, -0.25) is 4.79 Å². The zero-order valence-corrected chi connectivity index (χ0v) is 28.1. The van der Waals surface area contributed by atoms with Crippen LogP contribution in [0.3, 0.4) is 0 Å². The van der Waals surface area contributed by atoms with Crippen LogP contribution < -0.4 is 5.32 Å². The average molecular weight is 660 g/mol. The number of esters is 1. The molecule has 1 aromatic heterocycles. The zero-order chi connectivity index (χ0) is 32.1. The number of carbonyl (C=O) groups excluding carboxylic acids is 1. The van der Waals surface area contributed by atoms with Gasteiger partial charge in [-0.25, -0.2) is 13.4 Å². The maximum Gasteiger partial charge on any atom is 0.306 e. The molecule has 0 amide bonds. The first kappa shape index (κ1) is 33.7. The molecule has 12 heteroatoms. The highest BCUT2D eigenvalue weighted by Gasteiger charge is 2.41. The Morgan fingerprint density at radius 3 is 2.53 bits per heavy atom. The van der Waals surface area contributed by atoms with E-state index >= 15 is 0 Å². The van der Waals surface area contributed by atoms with E-state index in [2.05, 4.69) is 10.3 Å². The number of aromatic nitrogens is 1. The maximum atomic E-state index is 14.1. The highest BCUT2D eigenvalue weighted by molar-refractivity contribution is 7.89. The Kier molecular flexibility index (Phi) is 11.1. The highest BCUT2D eigenvalue weighted by Crippen LogP contribution is 2.34. The normalized spacial score (nSPS) is 21.7. The van der Waals surface area contributed by atoms with E-state index in [0.717, 1.165) is 27.3 Å². The number of ether oxygens (including phenoxy) is 3. The molecule has 0 aliphatic carbocycles. The molecular weight excluding hydrogens is 615 g/mol. The first-order valence-corrected chi connectivity index (χ1v) is 18.1. The molecule has 5 rings (SSSR count). The number of sulfonamides is 1. The summed E-state index contributed by atoms with van der Waals surface area (Å²) in [5, 5.41) is 15.7. The number of anilines is 1. The molecule has 3 aromatic rings. The summed E-state index contributed by atoms with van der Waals surface area (Å²) in [4.78, 5) is 18.0. The second kappa shape index (κ2) is 14.9. The molecule has 45 heavy (non-hydrogen) atoms. The lowest BCUT2D eigenvalue weighted by molar-refractivity contribution is -0.195. The second-order valence-corrected chi connectivity index (χ2v) is 15.7. The number of nitrogens with zero attached hydrogens (tertiary/aromatic N) is 2. The number of thiazole rings is 1. The van der Waals surface area contributed by atoms with Crippen molar-refractivity contribution in [3.05, 3.63) is 54.1 Å². The van der Waals surface area contributed by atoms with Crippen LogP contribution in [0.5, 0.6) is 0 Å². The van der Waals surface area contributed by atoms with Gasteiger partial charge < -0.3 is 24.6 Å². The standard InChI is InChI=1S/C33H45N3O7S2/c1-21(2)19-36(45(39,40)25-10-11-27-30(18-25)44-33(35-27)34-22(3)4)20-28(37)24(16-23-8-6-5-7-9-23)17-31(38)43-29-13-15-42-32-26(29)12-14-41-32/h5-11,18,21-22,24,26,28-29,32,37H,12-17,19-20H2,1-4H3,(H,34,35)/t24-,26+,28-,29+,32-/m1/s1. The molecule has 10 nitrogen and oxygen atoms in total. The van der Waals surface area contributed by atoms with Crippen molar-refractivity contribution in [3.63, 3.8) is 0 Å². The van der Waals surface area contributed by atoms with Crippen LogP contribution in [0.25, 0.3) is 10.2 Å². The molecule has 0 bridgehead atoms. The first-order valence-electron chi connectivity index (χ1n) is 15.8. The lowest BCUT2D eigenvalue weighted by atomic mass is 9.90. The third kappa shape index (κ3) is 8.60. The molecule has 246 valence electrons. The predicted molar refractivity (Wildman–Crippen MR) is 175 cm³/mol. The van der Waals surface area contributed by atoms with Gasteiger partial charge in [-0.1, -0.05) is 55.5 Å². The van der Waals surface area contributed by atoms with Gasteiger partial charge in [0.05, 0.1) is 40.9 Å². The summed E-state index contributed by atoms with van der Waals surface area (Å²) in [7, 11) is -3.98. The van der Waals surface area contributed by atoms with Crippen molar-refractivity contribution in [3.8, 4) is 0 Å². The van der Waals surface area contributed by atoms with E-state index in [0.29, 0.717) is 26.1 Å². The smallest absolute Gasteiger partial charge is 0.306 e. The fourth-order valence-corrected chi connectivity index (χ4v) is 8.80. The van der Waals surface area contributed by atoms with Gasteiger partial charge in [-0.2, -0.15) is 4.31 Å². The van der Waals surface area contributed by atoms with Crippen LogP contribution in [0.4, 0.5) is 5.13 Å². The van der Waals surface area contributed by atoms with E-state index < -0.39 is 28.0 Å². The number of nitrogens with one attached hydrogen (secondary N) is 1. The van der Waals surface area contributed by atoms with Crippen LogP contribution in [0.15, 0.2) is 53.4 Å². The van der Waals surface area contributed by atoms with Crippen molar-refractivity contribution >= 4 is 42.7 Å². The van der Waals surface area contributed by atoms with Gasteiger partial charge in [-0.15, -0.1) is 0 Å². The summed E-state index contributed by atoms with van der Waals surface area (Å²) in [5.74, 6) is -0.963. The molecule has 2 fully saturated rings. The Morgan fingerprint density at radius 1 is 1.09 bits per heavy atom. The summed E-state index contributed by atoms with van der Waals surface area (Å²) in [6.45, 7) is 9.02. The number of aliphatic hydroxyl groups excluding tert-OH is 1. The Labute approximate surface area is 270 Å². The average Bonchev–Trinajstić information content (AvgIpc) is 3.63. The molecule has 0 spiro atoms. The van der Waals surface area contributed by atoms with Gasteiger partial charge in [0.25, 0.3) is 0 Å². The highest BCUT2D eigenvalue weighted by atomic mass is 32.2. The van der Waals surface area contributed by atoms with Crippen LogP contribution >= 0.6 is 11.3 Å². The minimum Gasteiger partial charge on any atom is -0.462 e. The minimum atomic E-state index is -3.98. The number of carbonyl (C=O) groups is 1. The van der Waals surface area contributed by atoms with Gasteiger partial charge in [0.1, 0.15) is 6.10 Å². The predicted octanol–water partition coefficient (Wildman–Crippen LogP) is 5.07. The first-order chi connectivity index (χ1) is 21.5. The monoisotopic (exact) mass is 659 g/mol. The molecule has 3 heterocycles. The van der Waals surface area contributed by atoms with E-state index in [9.17, 15) is 18.3 Å². The van der Waals surface area contributed by atoms with E-state index in [1.165, 1.54) is 15.6 Å². The molecule has 2 aliphatic heterocycles. The second-order valence-electron chi connectivity index (χ2n) is 12.8. The van der Waals surface area contributed by atoms with Gasteiger partial charge in [-0.05, 0) is 56.4 Å². The third-order valence-corrected chi connectivity index (χ3v) is 11.0. The van der Waals surface area contributed by atoms with Crippen molar-refractivity contribution in [2.75, 3.05) is 31.6 Å². The number of hydrogen-bond donors (Lipinski definition) is 2. The minimum absolute atomic E-state index is 0.00000831. The third-order valence-electron chi connectivity index (χ3n) is 8.21. The van der Waals surface area contributed by atoms with E-state index in [1.807, 2.05) is 58.0 Å². The molecule has 2 N–H and O–H groups in total. The number of fused-ring (bicyclic) bond motifs is 2. The van der Waals surface area contributed by atoms with Crippen molar-refractivity contribution in [1.82, 2.24) is 9.29 Å². The van der Waals surface area contributed by atoms with Crippen molar-refractivity contribution in [1.29, 1.82) is 0 Å². The number of aliphatic hydroxyl groups is 1. The summed E-state index contributed by atoms with van der Waals surface area (Å²) in [6.07, 6.45) is -0.0419. The van der Waals surface area contributed by atoms with Gasteiger partial charge in [0.15, 0.2) is 11.4 Å².